The number of hydrogen-bond donors (Lipinski definition) is 0. The predicted octanol–water partition coefficient (Wildman–Crippen LogP) is 7.92. The average molecular weight is 415 g/mol. The lowest BCUT2D eigenvalue weighted by Gasteiger charge is -2.22. The predicted molar refractivity (Wildman–Crippen MR) is 117 cm³/mol. The van der Waals surface area contributed by atoms with Crippen molar-refractivity contribution in [2.24, 2.45) is 4.99 Å². The summed E-state index contributed by atoms with van der Waals surface area (Å²) < 4.78 is 0. The van der Waals surface area contributed by atoms with E-state index in [0.717, 1.165) is 22.7 Å². The molecule has 1 aliphatic rings. The Bertz CT molecular complexity index is 941. The Morgan fingerprint density at radius 2 is 1.78 bits per heavy atom. The minimum Gasteiger partial charge on any atom is -0.227 e. The molecule has 1 heterocycles. The summed E-state index contributed by atoms with van der Waals surface area (Å²) in [7, 11) is 0. The fourth-order valence-electron chi connectivity index (χ4n) is 3.56. The van der Waals surface area contributed by atoms with Crippen LogP contribution < -0.4 is 0 Å². The van der Waals surface area contributed by atoms with Gasteiger partial charge in [-0.1, -0.05) is 78.9 Å². The van der Waals surface area contributed by atoms with Crippen molar-refractivity contribution in [1.29, 1.82) is 0 Å². The molecule has 0 aliphatic heterocycles. The van der Waals surface area contributed by atoms with Gasteiger partial charge in [0.2, 0.25) is 5.13 Å². The van der Waals surface area contributed by atoms with Gasteiger partial charge in [-0.25, -0.2) is 9.98 Å². The summed E-state index contributed by atoms with van der Waals surface area (Å²) in [6.07, 6.45) is 8.45. The number of aliphatic imine (C=N–C) groups is 1. The second-order valence-electron chi connectivity index (χ2n) is 6.87. The van der Waals surface area contributed by atoms with E-state index in [-0.39, 0.29) is 0 Å². The highest BCUT2D eigenvalue weighted by Crippen LogP contribution is 2.34. The zero-order valence-electron chi connectivity index (χ0n) is 14.9. The molecule has 27 heavy (non-hydrogen) atoms. The van der Waals surface area contributed by atoms with Crippen LogP contribution in [0.3, 0.4) is 0 Å². The third-order valence-electron chi connectivity index (χ3n) is 5.07. The molecule has 2 nitrogen and oxygen atoms in total. The number of halogens is 2. The molecule has 0 unspecified atom stereocenters. The van der Waals surface area contributed by atoms with Crippen LogP contribution in [-0.2, 0) is 0 Å². The van der Waals surface area contributed by atoms with E-state index < -0.39 is 0 Å². The van der Waals surface area contributed by atoms with Gasteiger partial charge in [0.25, 0.3) is 0 Å². The van der Waals surface area contributed by atoms with Crippen LogP contribution >= 0.6 is 34.5 Å². The molecule has 0 spiro atoms. The van der Waals surface area contributed by atoms with Crippen LogP contribution in [0, 0.1) is 0 Å². The van der Waals surface area contributed by atoms with E-state index in [4.69, 9.17) is 23.2 Å². The zero-order valence-corrected chi connectivity index (χ0v) is 17.2. The lowest BCUT2D eigenvalue weighted by Crippen LogP contribution is -2.04. The van der Waals surface area contributed by atoms with Crippen molar-refractivity contribution < 1.29 is 0 Å². The van der Waals surface area contributed by atoms with Crippen molar-refractivity contribution in [3.05, 3.63) is 69.0 Å². The Morgan fingerprint density at radius 3 is 2.56 bits per heavy atom. The average Bonchev–Trinajstić information content (AvgIpc) is 3.19. The van der Waals surface area contributed by atoms with E-state index in [9.17, 15) is 0 Å². The molecule has 1 aromatic heterocycles. The van der Waals surface area contributed by atoms with E-state index in [2.05, 4.69) is 34.2 Å². The Balaban J connectivity index is 1.49. The smallest absolute Gasteiger partial charge is 0.209 e. The number of thiazole rings is 1. The molecular formula is C22H20Cl2N2S. The minimum absolute atomic E-state index is 0.512. The fraction of sp³-hybridized carbons (Fsp3) is 0.273. The van der Waals surface area contributed by atoms with Crippen molar-refractivity contribution in [3.8, 4) is 11.3 Å². The second-order valence-corrected chi connectivity index (χ2v) is 8.50. The number of hydrogen-bond acceptors (Lipinski definition) is 3. The quantitative estimate of drug-likeness (QED) is 0.397. The van der Waals surface area contributed by atoms with Crippen molar-refractivity contribution >= 4 is 45.9 Å². The molecule has 0 atom stereocenters. The SMILES string of the molecule is Clc1cccc(C=Nc2nc(-c3ccc(C4CCCCC4)cc3)cs2)c1Cl. The molecule has 138 valence electrons. The molecule has 0 N–H and O–H groups in total. The summed E-state index contributed by atoms with van der Waals surface area (Å²) in [6.45, 7) is 0. The molecule has 0 bridgehead atoms. The summed E-state index contributed by atoms with van der Waals surface area (Å²) >= 11 is 13.8. The van der Waals surface area contributed by atoms with E-state index in [0.29, 0.717) is 15.2 Å². The van der Waals surface area contributed by atoms with E-state index in [1.165, 1.54) is 49.0 Å². The Kier molecular flexibility index (Phi) is 5.92. The molecular weight excluding hydrogens is 395 g/mol. The van der Waals surface area contributed by atoms with Gasteiger partial charge in [0.05, 0.1) is 15.7 Å². The van der Waals surface area contributed by atoms with Gasteiger partial charge < -0.3 is 0 Å². The molecule has 0 amide bonds. The van der Waals surface area contributed by atoms with Crippen LogP contribution in [0.1, 0.15) is 49.1 Å². The minimum atomic E-state index is 0.512. The molecule has 5 heteroatoms. The molecule has 3 aromatic rings. The highest BCUT2D eigenvalue weighted by molar-refractivity contribution is 7.13. The topological polar surface area (TPSA) is 25.2 Å². The Hall–Kier alpha value is -1.68. The molecule has 4 rings (SSSR count). The molecule has 0 saturated heterocycles. The highest BCUT2D eigenvalue weighted by atomic mass is 35.5. The van der Waals surface area contributed by atoms with Crippen molar-refractivity contribution in [3.63, 3.8) is 0 Å². The third kappa shape index (κ3) is 4.43. The molecule has 1 aliphatic carbocycles. The van der Waals surface area contributed by atoms with Gasteiger partial charge in [0.1, 0.15) is 0 Å². The lowest BCUT2D eigenvalue weighted by molar-refractivity contribution is 0.443. The number of aromatic nitrogens is 1. The van der Waals surface area contributed by atoms with Gasteiger partial charge in [-0.05, 0) is 30.4 Å². The van der Waals surface area contributed by atoms with Crippen molar-refractivity contribution in [2.45, 2.75) is 38.0 Å². The van der Waals surface area contributed by atoms with Gasteiger partial charge in [-0.15, -0.1) is 11.3 Å². The molecule has 0 radical (unpaired) electrons. The summed E-state index contributed by atoms with van der Waals surface area (Å²) in [6, 6.07) is 14.4. The van der Waals surface area contributed by atoms with Crippen LogP contribution in [-0.4, -0.2) is 11.2 Å². The normalized spacial score (nSPS) is 15.5. The fourth-order valence-corrected chi connectivity index (χ4v) is 4.59. The first-order valence-corrected chi connectivity index (χ1v) is 10.9. The van der Waals surface area contributed by atoms with Gasteiger partial charge >= 0.3 is 0 Å². The maximum absolute atomic E-state index is 6.20. The number of benzene rings is 2. The van der Waals surface area contributed by atoms with E-state index >= 15 is 0 Å². The Labute approximate surface area is 173 Å². The first-order valence-electron chi connectivity index (χ1n) is 9.24. The van der Waals surface area contributed by atoms with Gasteiger partial charge in [-0.3, -0.25) is 0 Å². The van der Waals surface area contributed by atoms with Gasteiger partial charge in [-0.2, -0.15) is 0 Å². The maximum atomic E-state index is 6.20. The first-order chi connectivity index (χ1) is 13.2. The number of nitrogens with zero attached hydrogens (tertiary/aromatic N) is 2. The first kappa shape index (κ1) is 18.7. The highest BCUT2D eigenvalue weighted by Gasteiger charge is 2.15. The molecule has 1 saturated carbocycles. The Morgan fingerprint density at radius 1 is 1.00 bits per heavy atom. The van der Waals surface area contributed by atoms with Gasteiger partial charge in [0.15, 0.2) is 0 Å². The second kappa shape index (κ2) is 8.55. The van der Waals surface area contributed by atoms with Crippen LogP contribution in [0.5, 0.6) is 0 Å². The monoisotopic (exact) mass is 414 g/mol. The molecule has 2 aromatic carbocycles. The van der Waals surface area contributed by atoms with Crippen molar-refractivity contribution in [2.75, 3.05) is 0 Å². The summed E-state index contributed by atoms with van der Waals surface area (Å²) in [4.78, 5) is 9.09. The van der Waals surface area contributed by atoms with Crippen LogP contribution in [0.25, 0.3) is 11.3 Å². The summed E-state index contributed by atoms with van der Waals surface area (Å²) in [5.74, 6) is 0.728. The van der Waals surface area contributed by atoms with E-state index in [1.807, 2.05) is 17.5 Å². The van der Waals surface area contributed by atoms with Crippen LogP contribution in [0.15, 0.2) is 52.8 Å². The van der Waals surface area contributed by atoms with Gasteiger partial charge in [0, 0.05) is 22.7 Å². The molecule has 1 fully saturated rings. The summed E-state index contributed by atoms with van der Waals surface area (Å²) in [5.41, 5.74) is 4.34. The largest absolute Gasteiger partial charge is 0.227 e. The number of rotatable bonds is 4. The van der Waals surface area contributed by atoms with Crippen LogP contribution in [0.2, 0.25) is 10.0 Å². The van der Waals surface area contributed by atoms with Crippen molar-refractivity contribution in [1.82, 2.24) is 4.98 Å². The third-order valence-corrected chi connectivity index (χ3v) is 6.65. The van der Waals surface area contributed by atoms with Crippen LogP contribution in [0.4, 0.5) is 5.13 Å². The maximum Gasteiger partial charge on any atom is 0.209 e. The standard InChI is InChI=1S/C22H20Cl2N2S/c23-19-8-4-7-18(21(19)24)13-25-22-26-20(14-27-22)17-11-9-16(10-12-17)15-5-2-1-3-6-15/h4,7-15H,1-3,5-6H2. The lowest BCUT2D eigenvalue weighted by atomic mass is 9.84. The summed E-state index contributed by atoms with van der Waals surface area (Å²) in [5, 5.41) is 3.79. The van der Waals surface area contributed by atoms with E-state index in [1.54, 1.807) is 12.3 Å². The zero-order chi connectivity index (χ0) is 18.6.